The van der Waals surface area contributed by atoms with Crippen molar-refractivity contribution in [1.82, 2.24) is 5.32 Å². The molecule has 2 N–H and O–H groups in total. The van der Waals surface area contributed by atoms with Crippen LogP contribution in [0.15, 0.2) is 18.2 Å². The van der Waals surface area contributed by atoms with Crippen LogP contribution in [0.2, 0.25) is 0 Å². The molecule has 1 aromatic rings. The smallest absolute Gasteiger partial charge is 0.406 e. The molecule has 2 amide bonds. The number of carbonyl (C=O) groups is 2. The van der Waals surface area contributed by atoms with Crippen molar-refractivity contribution in [3.63, 3.8) is 0 Å². The molecule has 0 saturated carbocycles. The molecule has 0 fully saturated rings. The van der Waals surface area contributed by atoms with Gasteiger partial charge in [0.1, 0.15) is 5.75 Å². The summed E-state index contributed by atoms with van der Waals surface area (Å²) in [5.41, 5.74) is 1.75. The molecular weight excluding hydrogens is 260 g/mol. The van der Waals surface area contributed by atoms with Gasteiger partial charge in [-0.2, -0.15) is 0 Å². The SMILES string of the molecule is CNC(=O)OCCCc1ccc2c(c1)NC(=O)C(C)O2. The summed E-state index contributed by atoms with van der Waals surface area (Å²) in [7, 11) is 1.52. The lowest BCUT2D eigenvalue weighted by Crippen LogP contribution is -2.34. The molecule has 1 aromatic carbocycles. The number of ether oxygens (including phenoxy) is 2. The highest BCUT2D eigenvalue weighted by atomic mass is 16.5. The second kappa shape index (κ2) is 6.27. The molecule has 2 rings (SSSR count). The van der Waals surface area contributed by atoms with Crippen LogP contribution in [-0.4, -0.2) is 31.8 Å². The molecule has 0 saturated heterocycles. The average Bonchev–Trinajstić information content (AvgIpc) is 2.44. The number of carbonyl (C=O) groups excluding carboxylic acids is 2. The largest absolute Gasteiger partial charge is 0.479 e. The van der Waals surface area contributed by atoms with Crippen LogP contribution in [0.1, 0.15) is 18.9 Å². The summed E-state index contributed by atoms with van der Waals surface area (Å²) in [6, 6.07) is 5.68. The number of fused-ring (bicyclic) bond motifs is 1. The van der Waals surface area contributed by atoms with E-state index in [1.165, 1.54) is 7.05 Å². The quantitative estimate of drug-likeness (QED) is 0.822. The summed E-state index contributed by atoms with van der Waals surface area (Å²) in [5, 5.41) is 5.20. The Labute approximate surface area is 117 Å². The van der Waals surface area contributed by atoms with Gasteiger partial charge in [0.15, 0.2) is 6.10 Å². The highest BCUT2D eigenvalue weighted by Crippen LogP contribution is 2.30. The van der Waals surface area contributed by atoms with Crippen LogP contribution in [0.4, 0.5) is 10.5 Å². The maximum Gasteiger partial charge on any atom is 0.406 e. The highest BCUT2D eigenvalue weighted by molar-refractivity contribution is 5.97. The van der Waals surface area contributed by atoms with Crippen LogP contribution in [0.3, 0.4) is 0 Å². The van der Waals surface area contributed by atoms with E-state index >= 15 is 0 Å². The number of alkyl carbamates (subject to hydrolysis) is 1. The van der Waals surface area contributed by atoms with Crippen molar-refractivity contribution in [2.24, 2.45) is 0 Å². The molecule has 108 valence electrons. The van der Waals surface area contributed by atoms with E-state index in [-0.39, 0.29) is 5.91 Å². The molecule has 20 heavy (non-hydrogen) atoms. The first-order valence-electron chi connectivity index (χ1n) is 6.55. The zero-order valence-corrected chi connectivity index (χ0v) is 11.6. The Morgan fingerprint density at radius 3 is 3.05 bits per heavy atom. The van der Waals surface area contributed by atoms with Gasteiger partial charge in [-0.1, -0.05) is 6.07 Å². The molecule has 0 aliphatic carbocycles. The minimum Gasteiger partial charge on any atom is -0.479 e. The Morgan fingerprint density at radius 1 is 1.50 bits per heavy atom. The number of aryl methyl sites for hydroxylation is 1. The minimum absolute atomic E-state index is 0.141. The van der Waals surface area contributed by atoms with Gasteiger partial charge in [0.05, 0.1) is 12.3 Å². The molecule has 0 spiro atoms. The molecule has 0 bridgehead atoms. The van der Waals surface area contributed by atoms with Crippen LogP contribution in [-0.2, 0) is 16.0 Å². The number of nitrogens with one attached hydrogen (secondary N) is 2. The predicted octanol–water partition coefficient (Wildman–Crippen LogP) is 1.69. The van der Waals surface area contributed by atoms with Gasteiger partial charge in [-0.05, 0) is 37.5 Å². The monoisotopic (exact) mass is 278 g/mol. The third kappa shape index (κ3) is 3.40. The van der Waals surface area contributed by atoms with Crippen molar-refractivity contribution < 1.29 is 19.1 Å². The maximum absolute atomic E-state index is 11.5. The molecule has 1 heterocycles. The van der Waals surface area contributed by atoms with Crippen molar-refractivity contribution in [3.8, 4) is 5.75 Å². The van der Waals surface area contributed by atoms with E-state index in [0.717, 1.165) is 18.4 Å². The summed E-state index contributed by atoms with van der Waals surface area (Å²) >= 11 is 0. The van der Waals surface area contributed by atoms with Gasteiger partial charge in [0.2, 0.25) is 0 Å². The van der Waals surface area contributed by atoms with Crippen LogP contribution in [0, 0.1) is 0 Å². The molecule has 6 heteroatoms. The number of hydrogen-bond acceptors (Lipinski definition) is 4. The minimum atomic E-state index is -0.464. The van der Waals surface area contributed by atoms with Gasteiger partial charge < -0.3 is 20.1 Å². The normalized spacial score (nSPS) is 16.7. The third-order valence-corrected chi connectivity index (χ3v) is 3.02. The van der Waals surface area contributed by atoms with Crippen molar-refractivity contribution in [1.29, 1.82) is 0 Å². The first-order chi connectivity index (χ1) is 9.60. The van der Waals surface area contributed by atoms with E-state index in [9.17, 15) is 9.59 Å². The van der Waals surface area contributed by atoms with Gasteiger partial charge in [0.25, 0.3) is 5.91 Å². The van der Waals surface area contributed by atoms with Gasteiger partial charge >= 0.3 is 6.09 Å². The molecule has 0 radical (unpaired) electrons. The number of benzene rings is 1. The Bertz CT molecular complexity index is 516. The van der Waals surface area contributed by atoms with Gasteiger partial charge in [-0.3, -0.25) is 4.79 Å². The topological polar surface area (TPSA) is 76.7 Å². The zero-order valence-electron chi connectivity index (χ0n) is 11.6. The zero-order chi connectivity index (χ0) is 14.5. The Hall–Kier alpha value is -2.24. The van der Waals surface area contributed by atoms with Crippen LogP contribution in [0.25, 0.3) is 0 Å². The molecule has 0 aromatic heterocycles. The lowest BCUT2D eigenvalue weighted by Gasteiger charge is -2.23. The third-order valence-electron chi connectivity index (χ3n) is 3.02. The van der Waals surface area contributed by atoms with E-state index in [4.69, 9.17) is 9.47 Å². The van der Waals surface area contributed by atoms with Crippen molar-refractivity contribution in [3.05, 3.63) is 23.8 Å². The van der Waals surface area contributed by atoms with Crippen molar-refractivity contribution >= 4 is 17.7 Å². The second-order valence-electron chi connectivity index (χ2n) is 4.57. The van der Waals surface area contributed by atoms with E-state index in [1.54, 1.807) is 6.92 Å². The molecule has 1 aliphatic rings. The van der Waals surface area contributed by atoms with Gasteiger partial charge in [-0.25, -0.2) is 4.79 Å². The van der Waals surface area contributed by atoms with E-state index in [0.29, 0.717) is 18.0 Å². The standard InChI is InChI=1S/C14H18N2O4/c1-9-13(17)16-11-8-10(5-6-12(11)20-9)4-3-7-19-14(18)15-2/h5-6,8-9H,3-4,7H2,1-2H3,(H,15,18)(H,16,17). The molecule has 1 atom stereocenters. The van der Waals surface area contributed by atoms with E-state index in [1.807, 2.05) is 18.2 Å². The molecule has 1 unspecified atom stereocenters. The molecule has 1 aliphatic heterocycles. The Morgan fingerprint density at radius 2 is 2.30 bits per heavy atom. The molecule has 6 nitrogen and oxygen atoms in total. The summed E-state index contributed by atoms with van der Waals surface area (Å²) < 4.78 is 10.4. The fourth-order valence-electron chi connectivity index (χ4n) is 1.92. The number of hydrogen-bond donors (Lipinski definition) is 2. The summed E-state index contributed by atoms with van der Waals surface area (Å²) in [6.45, 7) is 2.07. The Balaban J connectivity index is 1.90. The first-order valence-corrected chi connectivity index (χ1v) is 6.55. The van der Waals surface area contributed by atoms with Crippen molar-refractivity contribution in [2.75, 3.05) is 19.0 Å². The van der Waals surface area contributed by atoms with E-state index in [2.05, 4.69) is 10.6 Å². The fourth-order valence-corrected chi connectivity index (χ4v) is 1.92. The summed E-state index contributed by atoms with van der Waals surface area (Å²) in [6.07, 6.45) is 0.590. The van der Waals surface area contributed by atoms with Gasteiger partial charge in [-0.15, -0.1) is 0 Å². The summed E-state index contributed by atoms with van der Waals surface area (Å²) in [5.74, 6) is 0.542. The van der Waals surface area contributed by atoms with Crippen molar-refractivity contribution in [2.45, 2.75) is 25.9 Å². The lowest BCUT2D eigenvalue weighted by molar-refractivity contribution is -0.122. The fraction of sp³-hybridized carbons (Fsp3) is 0.429. The van der Waals surface area contributed by atoms with Crippen LogP contribution in [0.5, 0.6) is 5.75 Å². The maximum atomic E-state index is 11.5. The highest BCUT2D eigenvalue weighted by Gasteiger charge is 2.23. The lowest BCUT2D eigenvalue weighted by atomic mass is 10.1. The Kier molecular flexibility index (Phi) is 4.45. The van der Waals surface area contributed by atoms with Crippen LogP contribution < -0.4 is 15.4 Å². The summed E-state index contributed by atoms with van der Waals surface area (Å²) in [4.78, 5) is 22.4. The number of rotatable bonds is 4. The second-order valence-corrected chi connectivity index (χ2v) is 4.57. The van der Waals surface area contributed by atoms with E-state index < -0.39 is 12.2 Å². The number of anilines is 1. The van der Waals surface area contributed by atoms with Gasteiger partial charge in [0, 0.05) is 7.05 Å². The first kappa shape index (κ1) is 14.2. The predicted molar refractivity (Wildman–Crippen MR) is 73.9 cm³/mol. The molecular formula is C14H18N2O4. The van der Waals surface area contributed by atoms with Crippen LogP contribution >= 0.6 is 0 Å². The number of amides is 2. The average molecular weight is 278 g/mol.